The van der Waals surface area contributed by atoms with Crippen LogP contribution in [0.2, 0.25) is 5.04 Å². The highest BCUT2D eigenvalue weighted by molar-refractivity contribution is 9.10. The van der Waals surface area contributed by atoms with Gasteiger partial charge in [-0.3, -0.25) is 0 Å². The fourth-order valence-corrected chi connectivity index (χ4v) is 10.4. The summed E-state index contributed by atoms with van der Waals surface area (Å²) in [5, 5.41) is 7.89. The minimum atomic E-state index is -2.59. The van der Waals surface area contributed by atoms with Gasteiger partial charge < -0.3 is 14.9 Å². The number of nitrogens with two attached hydrogens (primary N) is 1. The first kappa shape index (κ1) is 25.1. The molecule has 2 aromatic carbocycles. The van der Waals surface area contributed by atoms with Gasteiger partial charge in [-0.25, -0.2) is 14.6 Å². The second kappa shape index (κ2) is 10.0. The molecule has 36 heavy (non-hydrogen) atoms. The molecule has 0 amide bonds. The van der Waals surface area contributed by atoms with Crippen LogP contribution in [0.25, 0.3) is 11.0 Å². The highest BCUT2D eigenvalue weighted by atomic mass is 79.9. The lowest BCUT2D eigenvalue weighted by atomic mass is 10.1. The summed E-state index contributed by atoms with van der Waals surface area (Å²) in [6, 6.07) is 21.5. The van der Waals surface area contributed by atoms with Crippen LogP contribution in [0.1, 0.15) is 39.7 Å². The number of anilines is 1. The number of nitrogens with zero attached hydrogens (tertiary/aromatic N) is 4. The maximum absolute atomic E-state index is 7.08. The van der Waals surface area contributed by atoms with Crippen LogP contribution in [0, 0.1) is 0 Å². The van der Waals surface area contributed by atoms with Gasteiger partial charge in [-0.1, -0.05) is 81.4 Å². The van der Waals surface area contributed by atoms with Gasteiger partial charge in [-0.15, -0.1) is 0 Å². The molecule has 7 nitrogen and oxygen atoms in total. The van der Waals surface area contributed by atoms with Crippen molar-refractivity contribution in [1.29, 1.82) is 0 Å². The monoisotopic (exact) mass is 565 g/mol. The van der Waals surface area contributed by atoms with E-state index in [9.17, 15) is 0 Å². The van der Waals surface area contributed by atoms with Crippen molar-refractivity contribution in [2.24, 2.45) is 0 Å². The molecule has 2 atom stereocenters. The van der Waals surface area contributed by atoms with E-state index < -0.39 is 8.32 Å². The molecule has 0 saturated carbocycles. The van der Waals surface area contributed by atoms with Crippen LogP contribution in [0.5, 0.6) is 0 Å². The van der Waals surface area contributed by atoms with Crippen LogP contribution >= 0.6 is 15.9 Å². The molecule has 1 aliphatic rings. The average Bonchev–Trinajstić information content (AvgIpc) is 3.23. The van der Waals surface area contributed by atoms with E-state index >= 15 is 0 Å². The summed E-state index contributed by atoms with van der Waals surface area (Å²) < 4.78 is 16.0. The number of hydrogen-bond acceptors (Lipinski definition) is 6. The molecule has 9 heteroatoms. The maximum atomic E-state index is 7.08. The number of rotatable bonds is 6. The molecule has 1 aliphatic heterocycles. The predicted octanol–water partition coefficient (Wildman–Crippen LogP) is 4.47. The Morgan fingerprint density at radius 1 is 1.03 bits per heavy atom. The maximum Gasteiger partial charge on any atom is 0.261 e. The van der Waals surface area contributed by atoms with Crippen LogP contribution in [0.15, 0.2) is 71.6 Å². The average molecular weight is 567 g/mol. The fraction of sp³-hybridized carbons (Fsp3) is 0.370. The molecule has 2 N–H and O–H groups in total. The summed E-state index contributed by atoms with van der Waals surface area (Å²) >= 11 is 3.51. The summed E-state index contributed by atoms with van der Waals surface area (Å²) in [5.41, 5.74) is 6.78. The van der Waals surface area contributed by atoms with Crippen molar-refractivity contribution in [3.8, 4) is 0 Å². The molecule has 0 aliphatic carbocycles. The number of aromatic nitrogens is 4. The second-order valence-electron chi connectivity index (χ2n) is 10.4. The van der Waals surface area contributed by atoms with E-state index in [1.807, 2.05) is 4.68 Å². The second-order valence-corrected chi connectivity index (χ2v) is 15.4. The number of benzene rings is 2. The van der Waals surface area contributed by atoms with Gasteiger partial charge in [0.2, 0.25) is 0 Å². The van der Waals surface area contributed by atoms with E-state index in [0.29, 0.717) is 23.6 Å². The third kappa shape index (κ3) is 4.49. The molecular weight excluding hydrogens is 534 g/mol. The van der Waals surface area contributed by atoms with Crippen molar-refractivity contribution >= 4 is 51.5 Å². The van der Waals surface area contributed by atoms with Gasteiger partial charge in [-0.05, 0) is 44.2 Å². The fourth-order valence-electron chi connectivity index (χ4n) is 5.30. The van der Waals surface area contributed by atoms with Crippen molar-refractivity contribution in [1.82, 2.24) is 19.7 Å². The lowest BCUT2D eigenvalue weighted by Crippen LogP contribution is -2.67. The van der Waals surface area contributed by atoms with E-state index in [-0.39, 0.29) is 17.2 Å². The predicted molar refractivity (Wildman–Crippen MR) is 149 cm³/mol. The zero-order valence-electron chi connectivity index (χ0n) is 20.9. The van der Waals surface area contributed by atoms with E-state index in [1.54, 1.807) is 0 Å². The first-order valence-electron chi connectivity index (χ1n) is 12.3. The Morgan fingerprint density at radius 3 is 2.22 bits per heavy atom. The van der Waals surface area contributed by atoms with Crippen LogP contribution in [0.4, 0.5) is 5.82 Å². The zero-order valence-corrected chi connectivity index (χ0v) is 23.5. The number of fused-ring (bicyclic) bond motifs is 1. The quantitative estimate of drug-likeness (QED) is 0.347. The minimum Gasteiger partial charge on any atom is -0.405 e. The standard InChI is InChI=1S/C27H32BrN5O2Si/c1-27(2,3)36(21-10-6-4-7-11-21,22-12-8-5-9-13-22)35-17-20-15-14-19(16-34-20)33-26-23(24(28)32-33)25(29)30-18-31-26/h4-13,18-20H,14-17H2,1-3H3,(H2,29,30,31). The summed E-state index contributed by atoms with van der Waals surface area (Å²) in [7, 11) is -2.59. The third-order valence-corrected chi connectivity index (χ3v) is 12.6. The Bertz CT molecular complexity index is 1280. The lowest BCUT2D eigenvalue weighted by Gasteiger charge is -2.44. The molecular formula is C27H32BrN5O2Si. The Hall–Kier alpha value is -2.59. The topological polar surface area (TPSA) is 88.1 Å². The van der Waals surface area contributed by atoms with Crippen molar-refractivity contribution < 1.29 is 9.16 Å². The molecule has 188 valence electrons. The van der Waals surface area contributed by atoms with Crippen LogP contribution in [0.3, 0.4) is 0 Å². The first-order valence-corrected chi connectivity index (χ1v) is 15.0. The van der Waals surface area contributed by atoms with Crippen LogP contribution in [-0.4, -0.2) is 47.4 Å². The zero-order chi connectivity index (χ0) is 25.3. The molecule has 2 unspecified atom stereocenters. The normalized spacial score (nSPS) is 19.0. The van der Waals surface area contributed by atoms with E-state index in [1.165, 1.54) is 16.7 Å². The summed E-state index contributed by atoms with van der Waals surface area (Å²) in [6.07, 6.45) is 3.30. The van der Waals surface area contributed by atoms with Crippen molar-refractivity contribution in [2.45, 2.75) is 50.8 Å². The summed E-state index contributed by atoms with van der Waals surface area (Å²) in [6.45, 7) is 7.99. The number of halogens is 1. The van der Waals surface area contributed by atoms with Gasteiger partial charge in [-0.2, -0.15) is 5.10 Å². The Balaban J connectivity index is 1.36. The molecule has 4 aromatic rings. The third-order valence-electron chi connectivity index (χ3n) is 7.07. The van der Waals surface area contributed by atoms with Gasteiger partial charge in [0.25, 0.3) is 8.32 Å². The number of hydrogen-bond donors (Lipinski definition) is 1. The molecule has 5 rings (SSSR count). The SMILES string of the molecule is CC(C)(C)[Si](OCC1CCC(n2nc(Br)c3c(N)ncnc32)CO1)(c1ccccc1)c1ccccc1. The highest BCUT2D eigenvalue weighted by Gasteiger charge is 2.50. The van der Waals surface area contributed by atoms with Crippen molar-refractivity contribution in [3.63, 3.8) is 0 Å². The molecule has 1 saturated heterocycles. The molecule has 1 fully saturated rings. The Labute approximate surface area is 221 Å². The molecule has 2 aromatic heterocycles. The Morgan fingerprint density at radius 2 is 1.67 bits per heavy atom. The molecule has 0 radical (unpaired) electrons. The minimum absolute atomic E-state index is 0.0212. The van der Waals surface area contributed by atoms with Crippen molar-refractivity contribution in [2.75, 3.05) is 18.9 Å². The van der Waals surface area contributed by atoms with Crippen LogP contribution in [-0.2, 0) is 9.16 Å². The van der Waals surface area contributed by atoms with Gasteiger partial charge in [0.1, 0.15) is 16.7 Å². The van der Waals surface area contributed by atoms with E-state index in [2.05, 4.69) is 112 Å². The first-order chi connectivity index (χ1) is 17.3. The smallest absolute Gasteiger partial charge is 0.261 e. The molecule has 0 bridgehead atoms. The lowest BCUT2D eigenvalue weighted by molar-refractivity contribution is -0.0370. The van der Waals surface area contributed by atoms with Gasteiger partial charge >= 0.3 is 0 Å². The summed E-state index contributed by atoms with van der Waals surface area (Å²) in [4.78, 5) is 8.52. The largest absolute Gasteiger partial charge is 0.405 e. The van der Waals surface area contributed by atoms with Crippen molar-refractivity contribution in [3.05, 3.63) is 71.6 Å². The van der Waals surface area contributed by atoms with Crippen LogP contribution < -0.4 is 16.1 Å². The molecule has 0 spiro atoms. The van der Waals surface area contributed by atoms with E-state index in [4.69, 9.17) is 14.9 Å². The van der Waals surface area contributed by atoms with Gasteiger partial charge in [0.15, 0.2) is 5.65 Å². The molecule has 3 heterocycles. The van der Waals surface area contributed by atoms with E-state index in [0.717, 1.165) is 23.9 Å². The van der Waals surface area contributed by atoms with Gasteiger partial charge in [0.05, 0.1) is 30.7 Å². The highest BCUT2D eigenvalue weighted by Crippen LogP contribution is 2.38. The van der Waals surface area contributed by atoms with Gasteiger partial charge in [0, 0.05) is 0 Å². The number of ether oxygens (including phenoxy) is 1. The summed E-state index contributed by atoms with van der Waals surface area (Å²) in [5.74, 6) is 0.423. The number of nitrogen functional groups attached to an aromatic ring is 1. The Kier molecular flexibility index (Phi) is 7.00.